The molecule has 0 spiro atoms. The summed E-state index contributed by atoms with van der Waals surface area (Å²) in [5.41, 5.74) is 1.60. The lowest BCUT2D eigenvalue weighted by molar-refractivity contribution is 0.0720. The van der Waals surface area contributed by atoms with E-state index in [0.29, 0.717) is 17.0 Å². The minimum absolute atomic E-state index is 0.0948. The average Bonchev–Trinajstić information content (AvgIpc) is 2.93. The molecule has 1 saturated heterocycles. The molecule has 1 N–H and O–H groups in total. The zero-order chi connectivity index (χ0) is 15.4. The molecule has 1 fully saturated rings. The van der Waals surface area contributed by atoms with Crippen LogP contribution in [0.25, 0.3) is 0 Å². The smallest absolute Gasteiger partial charge is 0.254 e. The SMILES string of the molecule is Cc1c(Cl)cccc1C(=O)N(CC(C)C)CC1CCCN1. The molecule has 0 bridgehead atoms. The van der Waals surface area contributed by atoms with Gasteiger partial charge in [-0.1, -0.05) is 31.5 Å². The summed E-state index contributed by atoms with van der Waals surface area (Å²) < 4.78 is 0. The third-order valence-electron chi connectivity index (χ3n) is 3.97. The third-order valence-corrected chi connectivity index (χ3v) is 4.38. The maximum absolute atomic E-state index is 12.9. The van der Waals surface area contributed by atoms with Gasteiger partial charge in [-0.3, -0.25) is 4.79 Å². The Hall–Kier alpha value is -1.06. The van der Waals surface area contributed by atoms with Crippen molar-refractivity contribution < 1.29 is 4.79 Å². The van der Waals surface area contributed by atoms with Crippen LogP contribution in [0.5, 0.6) is 0 Å². The fourth-order valence-electron chi connectivity index (χ4n) is 2.87. The number of amides is 1. The molecule has 3 nitrogen and oxygen atoms in total. The Labute approximate surface area is 132 Å². The largest absolute Gasteiger partial charge is 0.337 e. The molecule has 4 heteroatoms. The van der Waals surface area contributed by atoms with Gasteiger partial charge in [0.15, 0.2) is 0 Å². The summed E-state index contributed by atoms with van der Waals surface area (Å²) in [4.78, 5) is 14.9. The zero-order valence-electron chi connectivity index (χ0n) is 13.2. The van der Waals surface area contributed by atoms with Crippen LogP contribution in [0.4, 0.5) is 0 Å². The standard InChI is InChI=1S/C17H25ClN2O/c1-12(2)10-20(11-14-6-5-9-19-14)17(21)15-7-4-8-16(18)13(15)3/h4,7-8,12,14,19H,5-6,9-11H2,1-3H3. The van der Waals surface area contributed by atoms with Crippen LogP contribution in [0.15, 0.2) is 18.2 Å². The first-order valence-corrected chi connectivity index (χ1v) is 8.14. The van der Waals surface area contributed by atoms with Crippen molar-refractivity contribution in [2.75, 3.05) is 19.6 Å². The summed E-state index contributed by atoms with van der Waals surface area (Å²) in [5.74, 6) is 0.548. The van der Waals surface area contributed by atoms with Crippen LogP contribution in [0.1, 0.15) is 42.6 Å². The summed E-state index contributed by atoms with van der Waals surface area (Å²) in [7, 11) is 0. The lowest BCUT2D eigenvalue weighted by Gasteiger charge is -2.28. The van der Waals surface area contributed by atoms with Crippen molar-refractivity contribution >= 4 is 17.5 Å². The first-order valence-electron chi connectivity index (χ1n) is 7.76. The molecule has 1 heterocycles. The summed E-state index contributed by atoms with van der Waals surface area (Å²) in [6.45, 7) is 8.83. The molecular formula is C17H25ClN2O. The molecule has 1 aromatic rings. The second-order valence-corrected chi connectivity index (χ2v) is 6.72. The fourth-order valence-corrected chi connectivity index (χ4v) is 3.04. The van der Waals surface area contributed by atoms with Crippen molar-refractivity contribution in [2.45, 2.75) is 39.7 Å². The van der Waals surface area contributed by atoms with Gasteiger partial charge in [-0.15, -0.1) is 0 Å². The van der Waals surface area contributed by atoms with E-state index in [1.807, 2.05) is 30.0 Å². The van der Waals surface area contributed by atoms with E-state index in [4.69, 9.17) is 11.6 Å². The number of hydrogen-bond donors (Lipinski definition) is 1. The molecule has 0 aromatic heterocycles. The molecule has 21 heavy (non-hydrogen) atoms. The van der Waals surface area contributed by atoms with Gasteiger partial charge in [-0.05, 0) is 49.9 Å². The van der Waals surface area contributed by atoms with E-state index in [1.165, 1.54) is 6.42 Å². The number of carbonyl (C=O) groups is 1. The maximum Gasteiger partial charge on any atom is 0.254 e. The van der Waals surface area contributed by atoms with Gasteiger partial charge in [0.1, 0.15) is 0 Å². The molecular weight excluding hydrogens is 284 g/mol. The summed E-state index contributed by atoms with van der Waals surface area (Å²) in [6, 6.07) is 5.98. The van der Waals surface area contributed by atoms with E-state index in [-0.39, 0.29) is 5.91 Å². The topological polar surface area (TPSA) is 32.3 Å². The maximum atomic E-state index is 12.9. The summed E-state index contributed by atoms with van der Waals surface area (Å²) >= 11 is 6.16. The van der Waals surface area contributed by atoms with Crippen molar-refractivity contribution in [1.82, 2.24) is 10.2 Å². The minimum atomic E-state index is 0.0948. The van der Waals surface area contributed by atoms with Gasteiger partial charge in [0, 0.05) is 29.7 Å². The lowest BCUT2D eigenvalue weighted by Crippen LogP contribution is -2.43. The van der Waals surface area contributed by atoms with Crippen LogP contribution < -0.4 is 5.32 Å². The number of carbonyl (C=O) groups excluding carboxylic acids is 1. The van der Waals surface area contributed by atoms with Gasteiger partial charge in [-0.2, -0.15) is 0 Å². The quantitative estimate of drug-likeness (QED) is 0.903. The van der Waals surface area contributed by atoms with Gasteiger partial charge < -0.3 is 10.2 Å². The van der Waals surface area contributed by atoms with E-state index >= 15 is 0 Å². The molecule has 1 atom stereocenters. The summed E-state index contributed by atoms with van der Waals surface area (Å²) in [6.07, 6.45) is 2.35. The molecule has 1 aromatic carbocycles. The molecule has 0 aliphatic carbocycles. The molecule has 0 saturated carbocycles. The van der Waals surface area contributed by atoms with Gasteiger partial charge in [-0.25, -0.2) is 0 Å². The Kier molecular flexibility index (Phi) is 5.65. The highest BCUT2D eigenvalue weighted by Gasteiger charge is 2.24. The van der Waals surface area contributed by atoms with Crippen molar-refractivity contribution in [3.8, 4) is 0 Å². The zero-order valence-corrected chi connectivity index (χ0v) is 13.9. The number of rotatable bonds is 5. The molecule has 1 aliphatic heterocycles. The Morgan fingerprint density at radius 1 is 1.48 bits per heavy atom. The van der Waals surface area contributed by atoms with Crippen LogP contribution in [-0.2, 0) is 0 Å². The molecule has 0 radical (unpaired) electrons. The Morgan fingerprint density at radius 3 is 2.86 bits per heavy atom. The first kappa shape index (κ1) is 16.3. The predicted molar refractivity (Wildman–Crippen MR) is 88.0 cm³/mol. The van der Waals surface area contributed by atoms with Crippen molar-refractivity contribution in [1.29, 1.82) is 0 Å². The van der Waals surface area contributed by atoms with Crippen LogP contribution in [0, 0.1) is 12.8 Å². The highest BCUT2D eigenvalue weighted by molar-refractivity contribution is 6.31. The van der Waals surface area contributed by atoms with Crippen molar-refractivity contribution in [3.63, 3.8) is 0 Å². The molecule has 2 rings (SSSR count). The minimum Gasteiger partial charge on any atom is -0.337 e. The van der Waals surface area contributed by atoms with Gasteiger partial charge in [0.2, 0.25) is 0 Å². The third kappa shape index (κ3) is 4.21. The lowest BCUT2D eigenvalue weighted by atomic mass is 10.1. The first-order chi connectivity index (χ1) is 9.99. The van der Waals surface area contributed by atoms with Crippen LogP contribution >= 0.6 is 11.6 Å². The average molecular weight is 309 g/mol. The molecule has 116 valence electrons. The Balaban J connectivity index is 2.18. The van der Waals surface area contributed by atoms with E-state index in [1.54, 1.807) is 0 Å². The van der Waals surface area contributed by atoms with E-state index in [0.717, 1.165) is 37.2 Å². The Bertz CT molecular complexity index is 496. The number of nitrogens with one attached hydrogen (secondary N) is 1. The number of benzene rings is 1. The van der Waals surface area contributed by atoms with Crippen LogP contribution in [0.3, 0.4) is 0 Å². The number of hydrogen-bond acceptors (Lipinski definition) is 2. The van der Waals surface area contributed by atoms with Crippen LogP contribution in [0.2, 0.25) is 5.02 Å². The van der Waals surface area contributed by atoms with Gasteiger partial charge in [0.25, 0.3) is 5.91 Å². The van der Waals surface area contributed by atoms with E-state index in [9.17, 15) is 4.79 Å². The van der Waals surface area contributed by atoms with Crippen molar-refractivity contribution in [2.24, 2.45) is 5.92 Å². The number of halogens is 1. The van der Waals surface area contributed by atoms with Crippen molar-refractivity contribution in [3.05, 3.63) is 34.3 Å². The second kappa shape index (κ2) is 7.28. The molecule has 1 aliphatic rings. The normalized spacial score (nSPS) is 18.2. The van der Waals surface area contributed by atoms with Gasteiger partial charge in [0.05, 0.1) is 0 Å². The number of nitrogens with zero attached hydrogens (tertiary/aromatic N) is 1. The monoisotopic (exact) mass is 308 g/mol. The Morgan fingerprint density at radius 2 is 2.24 bits per heavy atom. The van der Waals surface area contributed by atoms with E-state index in [2.05, 4.69) is 19.2 Å². The summed E-state index contributed by atoms with van der Waals surface area (Å²) in [5, 5.41) is 4.13. The van der Waals surface area contributed by atoms with E-state index < -0.39 is 0 Å². The highest BCUT2D eigenvalue weighted by Crippen LogP contribution is 2.21. The molecule has 1 amide bonds. The van der Waals surface area contributed by atoms with Gasteiger partial charge >= 0.3 is 0 Å². The highest BCUT2D eigenvalue weighted by atomic mass is 35.5. The van der Waals surface area contributed by atoms with Crippen LogP contribution in [-0.4, -0.2) is 36.5 Å². The molecule has 1 unspecified atom stereocenters. The fraction of sp³-hybridized carbons (Fsp3) is 0.588. The predicted octanol–water partition coefficient (Wildman–Crippen LogP) is 3.50. The second-order valence-electron chi connectivity index (χ2n) is 6.31.